The lowest BCUT2D eigenvalue weighted by atomic mass is 9.87. The van der Waals surface area contributed by atoms with Crippen LogP contribution in [0.4, 0.5) is 5.82 Å². The van der Waals surface area contributed by atoms with Crippen LogP contribution in [0.15, 0.2) is 36.7 Å². The maximum Gasteiger partial charge on any atom is 0.341 e. The van der Waals surface area contributed by atoms with E-state index in [0.29, 0.717) is 49.6 Å². The zero-order valence-electron chi connectivity index (χ0n) is 14.6. The summed E-state index contributed by atoms with van der Waals surface area (Å²) in [6, 6.07) is 7.30. The standard InChI is InChI=1S/C19H23N3O3/c1-3-25-18(23)15-5-4-10-20-17(15)22-11-8-19(24,9-12-22)16-7-6-14(2)13-21-16/h4-7,10,13,24H,3,8-9,11-12H2,1-2H3. The van der Waals surface area contributed by atoms with Crippen LogP contribution in [0.1, 0.15) is 41.4 Å². The Kier molecular flexibility index (Phi) is 4.99. The number of nitrogens with zero attached hydrogens (tertiary/aromatic N) is 3. The molecule has 0 spiro atoms. The second-order valence-electron chi connectivity index (χ2n) is 6.33. The number of aromatic nitrogens is 2. The average Bonchev–Trinajstić information content (AvgIpc) is 2.63. The number of carbonyl (C=O) groups is 1. The van der Waals surface area contributed by atoms with Gasteiger partial charge in [0.15, 0.2) is 0 Å². The van der Waals surface area contributed by atoms with Crippen molar-refractivity contribution in [3.8, 4) is 0 Å². The number of hydrogen-bond acceptors (Lipinski definition) is 6. The third-order valence-corrected chi connectivity index (χ3v) is 4.56. The summed E-state index contributed by atoms with van der Waals surface area (Å²) in [7, 11) is 0. The minimum atomic E-state index is -0.941. The van der Waals surface area contributed by atoms with E-state index in [1.54, 1.807) is 31.5 Å². The number of aliphatic hydroxyl groups is 1. The first-order chi connectivity index (χ1) is 12.0. The van der Waals surface area contributed by atoms with Gasteiger partial charge in [0.05, 0.1) is 12.3 Å². The van der Waals surface area contributed by atoms with Crippen LogP contribution in [-0.4, -0.2) is 40.7 Å². The number of pyridine rings is 2. The zero-order chi connectivity index (χ0) is 17.9. The summed E-state index contributed by atoms with van der Waals surface area (Å²) >= 11 is 0. The van der Waals surface area contributed by atoms with Crippen molar-refractivity contribution in [3.05, 3.63) is 53.5 Å². The normalized spacial score (nSPS) is 16.5. The van der Waals surface area contributed by atoms with Gasteiger partial charge in [-0.25, -0.2) is 9.78 Å². The van der Waals surface area contributed by atoms with Crippen LogP contribution >= 0.6 is 0 Å². The Hall–Kier alpha value is -2.47. The van der Waals surface area contributed by atoms with E-state index in [4.69, 9.17) is 4.74 Å². The van der Waals surface area contributed by atoms with Crippen molar-refractivity contribution in [1.82, 2.24) is 9.97 Å². The monoisotopic (exact) mass is 341 g/mol. The van der Waals surface area contributed by atoms with Gasteiger partial charge in [-0.05, 0) is 50.5 Å². The van der Waals surface area contributed by atoms with E-state index in [-0.39, 0.29) is 5.97 Å². The summed E-state index contributed by atoms with van der Waals surface area (Å²) in [6.07, 6.45) is 4.50. The maximum atomic E-state index is 12.1. The van der Waals surface area contributed by atoms with Crippen LogP contribution < -0.4 is 4.90 Å². The molecule has 1 saturated heterocycles. The molecule has 0 radical (unpaired) electrons. The lowest BCUT2D eigenvalue weighted by Crippen LogP contribution is -2.44. The molecule has 1 fully saturated rings. The van der Waals surface area contributed by atoms with E-state index >= 15 is 0 Å². The first-order valence-corrected chi connectivity index (χ1v) is 8.56. The number of ether oxygens (including phenoxy) is 1. The minimum absolute atomic E-state index is 0.325. The fourth-order valence-corrected chi connectivity index (χ4v) is 3.10. The van der Waals surface area contributed by atoms with E-state index in [2.05, 4.69) is 9.97 Å². The first-order valence-electron chi connectivity index (χ1n) is 8.56. The zero-order valence-corrected chi connectivity index (χ0v) is 14.6. The topological polar surface area (TPSA) is 75.5 Å². The van der Waals surface area contributed by atoms with Gasteiger partial charge in [0.25, 0.3) is 0 Å². The summed E-state index contributed by atoms with van der Waals surface area (Å²) in [6.45, 7) is 5.27. The van der Waals surface area contributed by atoms with Crippen LogP contribution in [0.5, 0.6) is 0 Å². The molecule has 25 heavy (non-hydrogen) atoms. The van der Waals surface area contributed by atoms with Gasteiger partial charge >= 0.3 is 5.97 Å². The predicted octanol–water partition coefficient (Wildman–Crippen LogP) is 2.45. The van der Waals surface area contributed by atoms with Crippen molar-refractivity contribution in [2.24, 2.45) is 0 Å². The van der Waals surface area contributed by atoms with Crippen molar-refractivity contribution < 1.29 is 14.6 Å². The fraction of sp³-hybridized carbons (Fsp3) is 0.421. The molecule has 6 nitrogen and oxygen atoms in total. The van der Waals surface area contributed by atoms with E-state index in [1.807, 2.05) is 24.0 Å². The third kappa shape index (κ3) is 3.64. The van der Waals surface area contributed by atoms with Crippen molar-refractivity contribution >= 4 is 11.8 Å². The highest BCUT2D eigenvalue weighted by molar-refractivity contribution is 5.94. The van der Waals surface area contributed by atoms with Crippen molar-refractivity contribution in [2.45, 2.75) is 32.3 Å². The van der Waals surface area contributed by atoms with Gasteiger partial charge in [0.2, 0.25) is 0 Å². The smallest absolute Gasteiger partial charge is 0.341 e. The number of piperidine rings is 1. The molecule has 2 aromatic rings. The van der Waals surface area contributed by atoms with Gasteiger partial charge in [-0.3, -0.25) is 4.98 Å². The lowest BCUT2D eigenvalue weighted by molar-refractivity contribution is 0.00745. The second kappa shape index (κ2) is 7.19. The van der Waals surface area contributed by atoms with E-state index < -0.39 is 5.60 Å². The Morgan fingerprint density at radius 1 is 1.28 bits per heavy atom. The Morgan fingerprint density at radius 2 is 2.04 bits per heavy atom. The molecule has 1 aliphatic rings. The van der Waals surface area contributed by atoms with Crippen LogP contribution in [-0.2, 0) is 10.3 Å². The minimum Gasteiger partial charge on any atom is -0.462 e. The van der Waals surface area contributed by atoms with Gasteiger partial charge in [0.1, 0.15) is 17.0 Å². The quantitative estimate of drug-likeness (QED) is 0.861. The summed E-state index contributed by atoms with van der Waals surface area (Å²) in [5.41, 5.74) is 1.29. The number of aryl methyl sites for hydroxylation is 1. The SMILES string of the molecule is CCOC(=O)c1cccnc1N1CCC(O)(c2ccc(C)cn2)CC1. The molecule has 2 aromatic heterocycles. The van der Waals surface area contributed by atoms with Gasteiger partial charge in [-0.1, -0.05) is 6.07 Å². The van der Waals surface area contributed by atoms with Gasteiger partial charge in [-0.2, -0.15) is 0 Å². The summed E-state index contributed by atoms with van der Waals surface area (Å²) in [5.74, 6) is 0.242. The largest absolute Gasteiger partial charge is 0.462 e. The highest BCUT2D eigenvalue weighted by atomic mass is 16.5. The van der Waals surface area contributed by atoms with Crippen LogP contribution in [0, 0.1) is 6.92 Å². The second-order valence-corrected chi connectivity index (χ2v) is 6.33. The van der Waals surface area contributed by atoms with Crippen molar-refractivity contribution in [3.63, 3.8) is 0 Å². The number of rotatable bonds is 4. The molecule has 0 aromatic carbocycles. The Bertz CT molecular complexity index is 738. The van der Waals surface area contributed by atoms with Gasteiger partial charge in [-0.15, -0.1) is 0 Å². The molecule has 1 N–H and O–H groups in total. The molecule has 1 aliphatic heterocycles. The molecule has 3 heterocycles. The fourth-order valence-electron chi connectivity index (χ4n) is 3.10. The molecule has 0 bridgehead atoms. The number of anilines is 1. The first kappa shape index (κ1) is 17.4. The molecule has 0 amide bonds. The van der Waals surface area contributed by atoms with E-state index in [1.165, 1.54) is 0 Å². The molecule has 132 valence electrons. The van der Waals surface area contributed by atoms with Crippen molar-refractivity contribution in [1.29, 1.82) is 0 Å². The van der Waals surface area contributed by atoms with Gasteiger partial charge in [0, 0.05) is 25.5 Å². The van der Waals surface area contributed by atoms with E-state index in [0.717, 1.165) is 5.56 Å². The summed E-state index contributed by atoms with van der Waals surface area (Å²) < 4.78 is 5.12. The number of esters is 1. The maximum absolute atomic E-state index is 12.1. The summed E-state index contributed by atoms with van der Waals surface area (Å²) in [4.78, 5) is 22.9. The highest BCUT2D eigenvalue weighted by Gasteiger charge is 2.36. The molecule has 3 rings (SSSR count). The molecule has 0 atom stereocenters. The summed E-state index contributed by atoms with van der Waals surface area (Å²) in [5, 5.41) is 11.0. The predicted molar refractivity (Wildman–Crippen MR) is 94.5 cm³/mol. The Morgan fingerprint density at radius 3 is 2.68 bits per heavy atom. The molecule has 6 heteroatoms. The Labute approximate surface area is 147 Å². The Balaban J connectivity index is 1.76. The molecule has 0 saturated carbocycles. The van der Waals surface area contributed by atoms with E-state index in [9.17, 15) is 9.90 Å². The molecular formula is C19H23N3O3. The molecule has 0 unspecified atom stereocenters. The number of hydrogen-bond donors (Lipinski definition) is 1. The third-order valence-electron chi connectivity index (χ3n) is 4.56. The van der Waals surface area contributed by atoms with Gasteiger partial charge < -0.3 is 14.7 Å². The number of carbonyl (C=O) groups excluding carboxylic acids is 1. The molecule has 0 aliphatic carbocycles. The lowest BCUT2D eigenvalue weighted by Gasteiger charge is -2.38. The highest BCUT2D eigenvalue weighted by Crippen LogP contribution is 2.34. The van der Waals surface area contributed by atoms with Crippen molar-refractivity contribution in [2.75, 3.05) is 24.6 Å². The van der Waals surface area contributed by atoms with Crippen LogP contribution in [0.2, 0.25) is 0 Å². The van der Waals surface area contributed by atoms with Crippen LogP contribution in [0.3, 0.4) is 0 Å². The average molecular weight is 341 g/mol. The molecular weight excluding hydrogens is 318 g/mol. The van der Waals surface area contributed by atoms with Crippen LogP contribution in [0.25, 0.3) is 0 Å².